The minimum Gasteiger partial charge on any atom is -0.467 e. The number of halogens is 3. The van der Waals surface area contributed by atoms with Crippen LogP contribution in [-0.2, 0) is 60.4 Å². The number of pyridine rings is 1. The van der Waals surface area contributed by atoms with E-state index in [2.05, 4.69) is 4.98 Å². The number of methoxy groups -OCH3 is 1. The Balaban J connectivity index is 1.41. The largest absolute Gasteiger partial charge is 0.467 e. The van der Waals surface area contributed by atoms with E-state index in [1.165, 1.54) is 30.3 Å². The van der Waals surface area contributed by atoms with Crippen molar-refractivity contribution in [3.8, 4) is 5.75 Å². The highest BCUT2D eigenvalue weighted by molar-refractivity contribution is 6.16. The van der Waals surface area contributed by atoms with E-state index in [-0.39, 0.29) is 22.0 Å². The molecule has 0 spiro atoms. The lowest BCUT2D eigenvalue weighted by Crippen LogP contribution is -2.64. The molecule has 2 aromatic heterocycles. The fraction of sp³-hybridized carbons (Fsp3) is 0.306. The standard InChI is InChI=1S/C36H30F3N3O15/c1-17(43)53-29-30(54-18(2)44)32(55-19(3)45)34(57-31(29)33(47)51-4)56-26-13-12-20(14-25(26)42(49)50)16-52-35(48)41-15-22(21-8-5-6-10-24(21)41)28(46)23-9-7-11-27(40-23)36(37,38)39/h5-15,29-32,34H,16H2,1-4H3/t29-,30-,31-,32+,34+/m0/s1. The van der Waals surface area contributed by atoms with Gasteiger partial charge in [0.15, 0.2) is 24.1 Å². The topological polar surface area (TPSA) is 228 Å². The molecule has 1 aliphatic heterocycles. The van der Waals surface area contributed by atoms with Crippen molar-refractivity contribution in [2.24, 2.45) is 0 Å². The predicted molar refractivity (Wildman–Crippen MR) is 181 cm³/mol. The highest BCUT2D eigenvalue weighted by Gasteiger charge is 2.56. The van der Waals surface area contributed by atoms with Crippen LogP contribution in [0.1, 0.15) is 48.1 Å². The van der Waals surface area contributed by atoms with Gasteiger partial charge in [0.25, 0.3) is 0 Å². The Morgan fingerprint density at radius 1 is 0.877 bits per heavy atom. The Kier molecular flexibility index (Phi) is 12.2. The second-order valence-corrected chi connectivity index (χ2v) is 12.1. The van der Waals surface area contributed by atoms with E-state index in [4.69, 9.17) is 33.2 Å². The van der Waals surface area contributed by atoms with Gasteiger partial charge < -0.3 is 33.2 Å². The minimum atomic E-state index is -4.82. The summed E-state index contributed by atoms with van der Waals surface area (Å²) in [5.74, 6) is -5.47. The first-order chi connectivity index (χ1) is 26.9. The molecule has 1 saturated heterocycles. The summed E-state index contributed by atoms with van der Waals surface area (Å²) in [4.78, 5) is 90.3. The van der Waals surface area contributed by atoms with Crippen LogP contribution in [0.5, 0.6) is 5.75 Å². The number of esters is 4. The van der Waals surface area contributed by atoms with E-state index in [0.717, 1.165) is 62.9 Å². The summed E-state index contributed by atoms with van der Waals surface area (Å²) in [6, 6.07) is 12.1. The molecule has 1 fully saturated rings. The first-order valence-corrected chi connectivity index (χ1v) is 16.4. The van der Waals surface area contributed by atoms with Gasteiger partial charge in [0.05, 0.1) is 23.1 Å². The molecule has 0 bridgehead atoms. The molecule has 1 aliphatic rings. The van der Waals surface area contributed by atoms with Gasteiger partial charge >= 0.3 is 41.8 Å². The lowest BCUT2D eigenvalue weighted by molar-refractivity contribution is -0.387. The number of ketones is 1. The SMILES string of the molecule is COC(=O)[C@H]1O[C@@H](Oc2ccc(COC(=O)n3cc(C(=O)c4cccc(C(F)(F)F)n4)c4ccccc43)cc2[N+](=O)[O-])[C@H](OC(C)=O)[C@@H](OC(C)=O)[C@@H]1OC(C)=O. The van der Waals surface area contributed by atoms with Crippen molar-refractivity contribution in [1.82, 2.24) is 9.55 Å². The van der Waals surface area contributed by atoms with Crippen LogP contribution in [0.25, 0.3) is 10.9 Å². The summed E-state index contributed by atoms with van der Waals surface area (Å²) in [5.41, 5.74) is -2.54. The number of hydrogen-bond donors (Lipinski definition) is 0. The van der Waals surface area contributed by atoms with Gasteiger partial charge in [-0.25, -0.2) is 14.6 Å². The van der Waals surface area contributed by atoms with Gasteiger partial charge in [-0.3, -0.25) is 33.9 Å². The highest BCUT2D eigenvalue weighted by atomic mass is 19.4. The molecule has 21 heteroatoms. The first kappa shape index (κ1) is 41.3. The fourth-order valence-corrected chi connectivity index (χ4v) is 5.78. The van der Waals surface area contributed by atoms with Gasteiger partial charge in [-0.05, 0) is 29.8 Å². The summed E-state index contributed by atoms with van der Waals surface area (Å²) < 4.78 is 78.0. The normalized spacial score (nSPS) is 19.2. The van der Waals surface area contributed by atoms with Crippen LogP contribution >= 0.6 is 0 Å². The van der Waals surface area contributed by atoms with Gasteiger partial charge in [-0.1, -0.05) is 30.3 Å². The van der Waals surface area contributed by atoms with Crippen LogP contribution in [0.2, 0.25) is 0 Å². The van der Waals surface area contributed by atoms with E-state index in [9.17, 15) is 52.1 Å². The summed E-state index contributed by atoms with van der Waals surface area (Å²) in [6.07, 6.45) is -13.8. The van der Waals surface area contributed by atoms with E-state index in [1.54, 1.807) is 0 Å². The Labute approximate surface area is 318 Å². The minimum absolute atomic E-state index is 0.0320. The molecule has 0 radical (unpaired) electrons. The van der Waals surface area contributed by atoms with E-state index >= 15 is 0 Å². The maximum atomic E-state index is 13.3. The maximum absolute atomic E-state index is 13.3. The second kappa shape index (κ2) is 16.9. The molecule has 57 heavy (non-hydrogen) atoms. The van der Waals surface area contributed by atoms with Crippen LogP contribution in [0, 0.1) is 10.1 Å². The monoisotopic (exact) mass is 801 g/mol. The fourth-order valence-electron chi connectivity index (χ4n) is 5.78. The van der Waals surface area contributed by atoms with Crippen LogP contribution in [0.4, 0.5) is 23.7 Å². The van der Waals surface area contributed by atoms with Crippen LogP contribution in [-0.4, -0.2) is 88.0 Å². The van der Waals surface area contributed by atoms with Crippen molar-refractivity contribution in [3.05, 3.63) is 99.5 Å². The molecule has 3 heterocycles. The zero-order valence-electron chi connectivity index (χ0n) is 30.0. The molecule has 0 saturated carbocycles. The Morgan fingerprint density at radius 2 is 1.53 bits per heavy atom. The average Bonchev–Trinajstić information content (AvgIpc) is 3.54. The summed E-state index contributed by atoms with van der Waals surface area (Å²) in [7, 11) is 0.969. The third-order valence-corrected chi connectivity index (χ3v) is 8.09. The number of carbonyl (C=O) groups is 6. The van der Waals surface area contributed by atoms with Gasteiger partial charge in [0.2, 0.25) is 18.2 Å². The summed E-state index contributed by atoms with van der Waals surface area (Å²) >= 11 is 0. The molecule has 0 N–H and O–H groups in total. The number of alkyl halides is 3. The molecular formula is C36H30F3N3O15. The molecule has 0 aliphatic carbocycles. The number of nitrogens with zero attached hydrogens (tertiary/aromatic N) is 3. The lowest BCUT2D eigenvalue weighted by atomic mass is 9.97. The first-order valence-electron chi connectivity index (χ1n) is 16.4. The number of ether oxygens (including phenoxy) is 7. The molecule has 0 unspecified atom stereocenters. The van der Waals surface area contributed by atoms with E-state index < -0.39 is 107 Å². The molecule has 18 nitrogen and oxygen atoms in total. The van der Waals surface area contributed by atoms with Crippen LogP contribution in [0.3, 0.4) is 0 Å². The Bertz CT molecular complexity index is 2260. The zero-order chi connectivity index (χ0) is 41.8. The third-order valence-electron chi connectivity index (χ3n) is 8.09. The van der Waals surface area contributed by atoms with Crippen molar-refractivity contribution in [1.29, 1.82) is 0 Å². The van der Waals surface area contributed by atoms with Crippen LogP contribution < -0.4 is 4.74 Å². The summed E-state index contributed by atoms with van der Waals surface area (Å²) in [6.45, 7) is 2.33. The number of rotatable bonds is 11. The molecule has 2 aromatic carbocycles. The number of fused-ring (bicyclic) bond motifs is 1. The number of hydrogen-bond acceptors (Lipinski definition) is 16. The maximum Gasteiger partial charge on any atom is 0.433 e. The predicted octanol–water partition coefficient (Wildman–Crippen LogP) is 4.45. The van der Waals surface area contributed by atoms with Gasteiger partial charge in [0.1, 0.15) is 18.0 Å². The number of nitro benzene ring substituents is 1. The molecule has 5 atom stereocenters. The van der Waals surface area contributed by atoms with Crippen LogP contribution in [0.15, 0.2) is 66.9 Å². The number of para-hydroxylation sites is 1. The van der Waals surface area contributed by atoms with E-state index in [0.29, 0.717) is 6.07 Å². The van der Waals surface area contributed by atoms with Gasteiger partial charge in [-0.2, -0.15) is 13.2 Å². The second-order valence-electron chi connectivity index (χ2n) is 12.1. The van der Waals surface area contributed by atoms with Gasteiger partial charge in [0, 0.05) is 38.4 Å². The molecule has 0 amide bonds. The zero-order valence-corrected chi connectivity index (χ0v) is 30.0. The molecule has 300 valence electrons. The molecular weight excluding hydrogens is 771 g/mol. The number of carbonyl (C=O) groups excluding carboxylic acids is 6. The Morgan fingerprint density at radius 3 is 2.16 bits per heavy atom. The summed E-state index contributed by atoms with van der Waals surface area (Å²) in [5, 5.41) is 12.4. The number of benzene rings is 2. The molecule has 4 aromatic rings. The van der Waals surface area contributed by atoms with Crippen molar-refractivity contribution in [2.75, 3.05) is 7.11 Å². The van der Waals surface area contributed by atoms with Crippen molar-refractivity contribution in [3.63, 3.8) is 0 Å². The number of aromatic nitrogens is 2. The molecule has 5 rings (SSSR count). The number of nitro groups is 1. The lowest BCUT2D eigenvalue weighted by Gasteiger charge is -2.42. The van der Waals surface area contributed by atoms with Crippen molar-refractivity contribution >= 4 is 52.3 Å². The average molecular weight is 802 g/mol. The smallest absolute Gasteiger partial charge is 0.433 e. The van der Waals surface area contributed by atoms with Gasteiger partial charge in [-0.15, -0.1) is 0 Å². The quantitative estimate of drug-likeness (QED) is 0.0671. The Hall–Kier alpha value is -6.90. The third kappa shape index (κ3) is 9.32. The van der Waals surface area contributed by atoms with Crippen molar-refractivity contribution < 1.29 is 80.0 Å². The highest BCUT2D eigenvalue weighted by Crippen LogP contribution is 2.35. The van der Waals surface area contributed by atoms with Crippen molar-refractivity contribution in [2.45, 2.75) is 64.3 Å². The van der Waals surface area contributed by atoms with E-state index in [1.807, 2.05) is 0 Å².